The van der Waals surface area contributed by atoms with Gasteiger partial charge in [-0.3, -0.25) is 0 Å². The molecule has 1 heterocycles. The van der Waals surface area contributed by atoms with E-state index in [0.717, 1.165) is 4.88 Å². The van der Waals surface area contributed by atoms with Gasteiger partial charge in [0.15, 0.2) is 11.6 Å². The quantitative estimate of drug-likeness (QED) is 0.926. The van der Waals surface area contributed by atoms with Gasteiger partial charge in [0.1, 0.15) is 0 Å². The summed E-state index contributed by atoms with van der Waals surface area (Å²) >= 11 is 7.22. The fraction of sp³-hybridized carbons (Fsp3) is 0.231. The maximum Gasteiger partial charge on any atom is 0.165 e. The Balaban J connectivity index is 2.13. The van der Waals surface area contributed by atoms with E-state index in [4.69, 9.17) is 16.3 Å². The van der Waals surface area contributed by atoms with E-state index in [2.05, 4.69) is 0 Å². The summed E-state index contributed by atoms with van der Waals surface area (Å²) in [4.78, 5) is 0.962. The number of thiophene rings is 1. The van der Waals surface area contributed by atoms with Crippen LogP contribution in [0.4, 0.5) is 4.39 Å². The van der Waals surface area contributed by atoms with Crippen LogP contribution in [0, 0.1) is 5.82 Å². The number of halogens is 2. The molecule has 1 aromatic heterocycles. The molecule has 0 saturated carbocycles. The molecular weight excluding hydrogens is 275 g/mol. The van der Waals surface area contributed by atoms with Crippen molar-refractivity contribution in [3.63, 3.8) is 0 Å². The van der Waals surface area contributed by atoms with Gasteiger partial charge >= 0.3 is 0 Å². The minimum Gasteiger partial charge on any atom is -0.494 e. The van der Waals surface area contributed by atoms with Gasteiger partial charge in [-0.15, -0.1) is 11.3 Å². The lowest BCUT2D eigenvalue weighted by molar-refractivity contribution is 0.179. The second-order valence-electron chi connectivity index (χ2n) is 3.82. The lowest BCUT2D eigenvalue weighted by atomic mass is 10.1. The Kier molecular flexibility index (Phi) is 4.22. The van der Waals surface area contributed by atoms with Crippen LogP contribution in [0.3, 0.4) is 0 Å². The van der Waals surface area contributed by atoms with E-state index in [1.807, 2.05) is 6.07 Å². The molecule has 1 aromatic carbocycles. The van der Waals surface area contributed by atoms with E-state index < -0.39 is 11.9 Å². The van der Waals surface area contributed by atoms with Gasteiger partial charge in [-0.2, -0.15) is 0 Å². The molecule has 0 radical (unpaired) electrons. The number of rotatable bonds is 4. The summed E-state index contributed by atoms with van der Waals surface area (Å²) in [5, 5.41) is 10.0. The van der Waals surface area contributed by atoms with Crippen molar-refractivity contribution in [2.75, 3.05) is 7.11 Å². The van der Waals surface area contributed by atoms with Gasteiger partial charge < -0.3 is 9.84 Å². The second-order valence-corrected chi connectivity index (χ2v) is 5.62. The lowest BCUT2D eigenvalue weighted by Gasteiger charge is -2.11. The van der Waals surface area contributed by atoms with Gasteiger partial charge in [0.05, 0.1) is 17.6 Å². The van der Waals surface area contributed by atoms with Crippen LogP contribution in [0.25, 0.3) is 0 Å². The molecule has 0 amide bonds. The topological polar surface area (TPSA) is 29.5 Å². The zero-order chi connectivity index (χ0) is 13.1. The average Bonchev–Trinajstić information content (AvgIpc) is 2.74. The number of methoxy groups -OCH3 is 1. The maximum absolute atomic E-state index is 13.5. The summed E-state index contributed by atoms with van der Waals surface area (Å²) in [7, 11) is 1.40. The predicted molar refractivity (Wildman–Crippen MR) is 70.9 cm³/mol. The van der Waals surface area contributed by atoms with Crippen molar-refractivity contribution >= 4 is 22.9 Å². The third-order valence-electron chi connectivity index (χ3n) is 2.58. The Labute approximate surface area is 114 Å². The van der Waals surface area contributed by atoms with Crippen LogP contribution in [-0.2, 0) is 6.42 Å². The third-order valence-corrected chi connectivity index (χ3v) is 3.84. The van der Waals surface area contributed by atoms with Gasteiger partial charge in [0, 0.05) is 11.3 Å². The monoisotopic (exact) mass is 286 g/mol. The highest BCUT2D eigenvalue weighted by atomic mass is 35.5. The van der Waals surface area contributed by atoms with E-state index in [9.17, 15) is 9.50 Å². The molecule has 18 heavy (non-hydrogen) atoms. The normalized spacial score (nSPS) is 12.4. The standard InChI is InChI=1S/C13H12ClFO2S/c1-17-12-4-2-8(6-10(12)15)11(16)7-9-3-5-13(14)18-9/h2-6,11,16H,7H2,1H3. The summed E-state index contributed by atoms with van der Waals surface area (Å²) in [5.41, 5.74) is 0.526. The van der Waals surface area contributed by atoms with E-state index in [1.54, 1.807) is 12.1 Å². The summed E-state index contributed by atoms with van der Waals surface area (Å²) in [5.74, 6) is -0.302. The summed E-state index contributed by atoms with van der Waals surface area (Å²) in [6.07, 6.45) is -0.330. The highest BCUT2D eigenvalue weighted by Crippen LogP contribution is 2.28. The lowest BCUT2D eigenvalue weighted by Crippen LogP contribution is -2.01. The molecule has 2 nitrogen and oxygen atoms in total. The van der Waals surface area contributed by atoms with Crippen LogP contribution in [0.15, 0.2) is 30.3 Å². The molecule has 0 bridgehead atoms. The molecule has 2 rings (SSSR count). The van der Waals surface area contributed by atoms with E-state index >= 15 is 0 Å². The van der Waals surface area contributed by atoms with Crippen LogP contribution >= 0.6 is 22.9 Å². The minimum absolute atomic E-state index is 0.171. The highest BCUT2D eigenvalue weighted by molar-refractivity contribution is 7.16. The molecule has 0 aliphatic heterocycles. The summed E-state index contributed by atoms with van der Waals surface area (Å²) < 4.78 is 19.0. The number of aliphatic hydroxyl groups excluding tert-OH is 1. The molecule has 5 heteroatoms. The molecule has 0 fully saturated rings. The fourth-order valence-corrected chi connectivity index (χ4v) is 2.78. The molecule has 0 saturated heterocycles. The van der Waals surface area contributed by atoms with E-state index in [0.29, 0.717) is 16.3 Å². The number of aliphatic hydroxyl groups is 1. The van der Waals surface area contributed by atoms with Crippen LogP contribution < -0.4 is 4.74 Å². The molecule has 1 N–H and O–H groups in total. The van der Waals surface area contributed by atoms with Crippen LogP contribution in [0.5, 0.6) is 5.75 Å². The first-order chi connectivity index (χ1) is 8.60. The smallest absolute Gasteiger partial charge is 0.165 e. The van der Waals surface area contributed by atoms with Gasteiger partial charge in [-0.25, -0.2) is 4.39 Å². The van der Waals surface area contributed by atoms with E-state index in [-0.39, 0.29) is 5.75 Å². The molecule has 0 spiro atoms. The van der Waals surface area contributed by atoms with Crippen molar-refractivity contribution in [1.29, 1.82) is 0 Å². The van der Waals surface area contributed by atoms with Crippen molar-refractivity contribution in [2.45, 2.75) is 12.5 Å². The SMILES string of the molecule is COc1ccc(C(O)Cc2ccc(Cl)s2)cc1F. The van der Waals surface area contributed by atoms with Crippen molar-refractivity contribution < 1.29 is 14.2 Å². The van der Waals surface area contributed by atoms with Crippen molar-refractivity contribution in [1.82, 2.24) is 0 Å². The molecule has 0 aliphatic carbocycles. The Hall–Kier alpha value is -1.10. The fourth-order valence-electron chi connectivity index (χ4n) is 1.66. The Bertz CT molecular complexity index is 542. The largest absolute Gasteiger partial charge is 0.494 e. The van der Waals surface area contributed by atoms with Gasteiger partial charge in [0.2, 0.25) is 0 Å². The Morgan fingerprint density at radius 3 is 2.72 bits per heavy atom. The number of ether oxygens (including phenoxy) is 1. The first-order valence-corrected chi connectivity index (χ1v) is 6.55. The van der Waals surface area contributed by atoms with Gasteiger partial charge in [-0.1, -0.05) is 17.7 Å². The molecule has 1 unspecified atom stereocenters. The maximum atomic E-state index is 13.5. The molecule has 0 aliphatic rings. The summed E-state index contributed by atoms with van der Waals surface area (Å²) in [6.45, 7) is 0. The van der Waals surface area contributed by atoms with Crippen LogP contribution in [0.1, 0.15) is 16.5 Å². The van der Waals surface area contributed by atoms with Crippen molar-refractivity contribution in [2.24, 2.45) is 0 Å². The second kappa shape index (κ2) is 5.69. The minimum atomic E-state index is -0.750. The molecule has 96 valence electrons. The first-order valence-electron chi connectivity index (χ1n) is 5.36. The average molecular weight is 287 g/mol. The van der Waals surface area contributed by atoms with Crippen LogP contribution in [0.2, 0.25) is 4.34 Å². The third kappa shape index (κ3) is 3.02. The predicted octanol–water partition coefficient (Wildman–Crippen LogP) is 3.83. The summed E-state index contributed by atoms with van der Waals surface area (Å²) in [6, 6.07) is 8.09. The van der Waals surface area contributed by atoms with Crippen molar-refractivity contribution in [3.05, 3.63) is 50.9 Å². The van der Waals surface area contributed by atoms with Gasteiger partial charge in [-0.05, 0) is 29.8 Å². The number of hydrogen-bond acceptors (Lipinski definition) is 3. The Morgan fingerprint density at radius 2 is 2.17 bits per heavy atom. The molecule has 2 aromatic rings. The van der Waals surface area contributed by atoms with Crippen LogP contribution in [-0.4, -0.2) is 12.2 Å². The molecular formula is C13H12ClFO2S. The van der Waals surface area contributed by atoms with Crippen molar-refractivity contribution in [3.8, 4) is 5.75 Å². The van der Waals surface area contributed by atoms with E-state index in [1.165, 1.54) is 30.6 Å². The number of hydrogen-bond donors (Lipinski definition) is 1. The Morgan fingerprint density at radius 1 is 1.39 bits per heavy atom. The molecule has 1 atom stereocenters. The highest BCUT2D eigenvalue weighted by Gasteiger charge is 2.13. The zero-order valence-corrected chi connectivity index (χ0v) is 11.3. The number of benzene rings is 1. The first kappa shape index (κ1) is 13.3. The zero-order valence-electron chi connectivity index (χ0n) is 9.69. The van der Waals surface area contributed by atoms with Gasteiger partial charge in [0.25, 0.3) is 0 Å².